The first-order valence-corrected chi connectivity index (χ1v) is 8.74. The Hall–Kier alpha value is -0.886. The number of hydrogen-bond donors (Lipinski definition) is 1. The van der Waals surface area contributed by atoms with Crippen LogP contribution in [0.3, 0.4) is 0 Å². The molecular formula is C22H26NY-. The van der Waals surface area contributed by atoms with Crippen LogP contribution in [-0.2, 0) is 39.1 Å². The molecule has 0 bridgehead atoms. The second kappa shape index (κ2) is 9.56. The molecule has 0 aromatic heterocycles. The molecule has 2 aliphatic carbocycles. The molecule has 2 aliphatic rings. The molecule has 0 aliphatic heterocycles. The summed E-state index contributed by atoms with van der Waals surface area (Å²) in [6, 6.07) is 18.0. The Morgan fingerprint density at radius 1 is 0.750 bits per heavy atom. The minimum absolute atomic E-state index is 0. The zero-order chi connectivity index (χ0) is 16.1. The molecule has 0 saturated heterocycles. The standard InChI is InChI=1S/C21H21.CH5N.Y/c1-2-12-20-18-10-6-4-8-16(18)14-15-17-9-5-7-11-19(17)21(20)13-3-1;1-2;/h4-11,14H,1-3,12-13,15H2;2H2,1H3;/q-1;;. The van der Waals surface area contributed by atoms with Gasteiger partial charge < -0.3 is 5.73 Å². The van der Waals surface area contributed by atoms with E-state index in [1.807, 2.05) is 0 Å². The molecule has 0 saturated carbocycles. The summed E-state index contributed by atoms with van der Waals surface area (Å²) in [4.78, 5) is 0. The smallest absolute Gasteiger partial charge is 0 e. The van der Waals surface area contributed by atoms with Gasteiger partial charge in [0.05, 0.1) is 0 Å². The fourth-order valence-electron chi connectivity index (χ4n) is 3.84. The SMILES string of the molecule is CN.[Y].c1ccc2c(c1)[CH-]Cc1ccccc1C1=C2CCCCC1. The van der Waals surface area contributed by atoms with Crippen LogP contribution in [0.2, 0.25) is 0 Å². The van der Waals surface area contributed by atoms with Gasteiger partial charge in [-0.15, -0.1) is 17.7 Å². The van der Waals surface area contributed by atoms with E-state index in [9.17, 15) is 0 Å². The summed E-state index contributed by atoms with van der Waals surface area (Å²) in [6.07, 6.45) is 9.94. The topological polar surface area (TPSA) is 26.0 Å². The summed E-state index contributed by atoms with van der Waals surface area (Å²) < 4.78 is 0. The predicted molar refractivity (Wildman–Crippen MR) is 100 cm³/mol. The first kappa shape index (κ1) is 19.4. The normalized spacial score (nSPS) is 15.6. The number of hydrogen-bond acceptors (Lipinski definition) is 1. The van der Waals surface area contributed by atoms with Gasteiger partial charge in [-0.05, 0) is 43.0 Å². The first-order chi connectivity index (χ1) is 11.4. The van der Waals surface area contributed by atoms with Crippen molar-refractivity contribution in [3.05, 3.63) is 77.2 Å². The van der Waals surface area contributed by atoms with Gasteiger partial charge in [-0.3, -0.25) is 0 Å². The maximum atomic E-state index is 4.50. The van der Waals surface area contributed by atoms with Crippen molar-refractivity contribution in [2.24, 2.45) is 5.73 Å². The molecule has 0 atom stereocenters. The van der Waals surface area contributed by atoms with Crippen LogP contribution >= 0.6 is 0 Å². The molecule has 0 fully saturated rings. The minimum atomic E-state index is 0. The zero-order valence-corrected chi connectivity index (χ0v) is 17.4. The monoisotopic (exact) mass is 393 g/mol. The van der Waals surface area contributed by atoms with Gasteiger partial charge in [0.1, 0.15) is 0 Å². The first-order valence-electron chi connectivity index (χ1n) is 8.74. The van der Waals surface area contributed by atoms with E-state index in [2.05, 4.69) is 60.7 Å². The predicted octanol–water partition coefficient (Wildman–Crippen LogP) is 5.24. The van der Waals surface area contributed by atoms with Crippen molar-refractivity contribution >= 4 is 11.1 Å². The second-order valence-corrected chi connectivity index (χ2v) is 6.17. The molecule has 4 rings (SSSR count). The van der Waals surface area contributed by atoms with Gasteiger partial charge in [0.2, 0.25) is 0 Å². The fourth-order valence-corrected chi connectivity index (χ4v) is 3.84. The van der Waals surface area contributed by atoms with Crippen molar-refractivity contribution in [1.29, 1.82) is 0 Å². The molecule has 2 heteroatoms. The van der Waals surface area contributed by atoms with E-state index in [1.165, 1.54) is 61.4 Å². The number of nitrogens with two attached hydrogens (primary N) is 1. The average Bonchev–Trinajstić information content (AvgIpc) is 2.86. The molecule has 2 aromatic rings. The third-order valence-corrected chi connectivity index (χ3v) is 4.89. The van der Waals surface area contributed by atoms with Crippen LogP contribution in [0, 0.1) is 6.42 Å². The molecule has 2 N–H and O–H groups in total. The van der Waals surface area contributed by atoms with Crippen molar-refractivity contribution in [2.75, 3.05) is 7.05 Å². The molecule has 0 spiro atoms. The summed E-state index contributed by atoms with van der Waals surface area (Å²) in [5, 5.41) is 0. The van der Waals surface area contributed by atoms with E-state index in [0.29, 0.717) is 0 Å². The van der Waals surface area contributed by atoms with Crippen molar-refractivity contribution < 1.29 is 32.7 Å². The Morgan fingerprint density at radius 3 is 2.08 bits per heavy atom. The molecule has 24 heavy (non-hydrogen) atoms. The van der Waals surface area contributed by atoms with E-state index >= 15 is 0 Å². The Balaban J connectivity index is 0.000000670. The van der Waals surface area contributed by atoms with Crippen LogP contribution in [0.25, 0.3) is 11.1 Å². The van der Waals surface area contributed by atoms with Crippen molar-refractivity contribution in [3.8, 4) is 0 Å². The van der Waals surface area contributed by atoms with Crippen molar-refractivity contribution in [2.45, 2.75) is 38.5 Å². The summed E-state index contributed by atoms with van der Waals surface area (Å²) in [7, 11) is 1.50. The summed E-state index contributed by atoms with van der Waals surface area (Å²) in [6.45, 7) is 0. The van der Waals surface area contributed by atoms with Crippen molar-refractivity contribution in [3.63, 3.8) is 0 Å². The minimum Gasteiger partial charge on any atom is -0.333 e. The van der Waals surface area contributed by atoms with Crippen LogP contribution in [0.1, 0.15) is 54.4 Å². The van der Waals surface area contributed by atoms with E-state index in [-0.39, 0.29) is 32.7 Å². The fraction of sp³-hybridized carbons (Fsp3) is 0.318. The van der Waals surface area contributed by atoms with Crippen LogP contribution in [-0.4, -0.2) is 7.05 Å². The molecule has 0 amide bonds. The van der Waals surface area contributed by atoms with Crippen LogP contribution in [0.4, 0.5) is 0 Å². The molecule has 1 radical (unpaired) electrons. The molecular weight excluding hydrogens is 367 g/mol. The van der Waals surface area contributed by atoms with Crippen LogP contribution in [0.15, 0.2) is 48.5 Å². The Kier molecular flexibility index (Phi) is 7.74. The number of allylic oxidation sites excluding steroid dienone is 2. The van der Waals surface area contributed by atoms with Gasteiger partial charge in [0.25, 0.3) is 0 Å². The third kappa shape index (κ3) is 4.02. The third-order valence-electron chi connectivity index (χ3n) is 4.89. The maximum absolute atomic E-state index is 4.50. The van der Waals surface area contributed by atoms with Gasteiger partial charge in [0, 0.05) is 32.7 Å². The Labute approximate surface area is 171 Å². The molecule has 0 heterocycles. The quantitative estimate of drug-likeness (QED) is 0.609. The van der Waals surface area contributed by atoms with E-state index in [4.69, 9.17) is 0 Å². The van der Waals surface area contributed by atoms with E-state index in [0.717, 1.165) is 6.42 Å². The van der Waals surface area contributed by atoms with Gasteiger partial charge in [0.15, 0.2) is 0 Å². The summed E-state index contributed by atoms with van der Waals surface area (Å²) >= 11 is 0. The number of benzene rings is 2. The average molecular weight is 393 g/mol. The second-order valence-electron chi connectivity index (χ2n) is 6.17. The largest absolute Gasteiger partial charge is 0.333 e. The number of rotatable bonds is 0. The van der Waals surface area contributed by atoms with Crippen LogP contribution < -0.4 is 5.73 Å². The molecule has 1 nitrogen and oxygen atoms in total. The van der Waals surface area contributed by atoms with Crippen LogP contribution in [0.5, 0.6) is 0 Å². The van der Waals surface area contributed by atoms with E-state index in [1.54, 1.807) is 11.1 Å². The van der Waals surface area contributed by atoms with Gasteiger partial charge in [-0.25, -0.2) is 0 Å². The summed E-state index contributed by atoms with van der Waals surface area (Å²) in [5.41, 5.74) is 13.6. The van der Waals surface area contributed by atoms with E-state index < -0.39 is 0 Å². The van der Waals surface area contributed by atoms with Gasteiger partial charge in [-0.2, -0.15) is 18.1 Å². The van der Waals surface area contributed by atoms with Gasteiger partial charge >= 0.3 is 0 Å². The van der Waals surface area contributed by atoms with Gasteiger partial charge in [-0.1, -0.05) is 55.2 Å². The molecule has 2 aromatic carbocycles. The molecule has 123 valence electrons. The Morgan fingerprint density at radius 2 is 1.33 bits per heavy atom. The zero-order valence-electron chi connectivity index (χ0n) is 14.6. The maximum Gasteiger partial charge on any atom is 0 e. The Bertz CT molecular complexity index is 643. The van der Waals surface area contributed by atoms with Crippen molar-refractivity contribution in [1.82, 2.24) is 0 Å². The number of fused-ring (bicyclic) bond motifs is 4. The molecule has 0 unspecified atom stereocenters. The summed E-state index contributed by atoms with van der Waals surface area (Å²) in [5.74, 6) is 0.